The summed E-state index contributed by atoms with van der Waals surface area (Å²) in [6.45, 7) is 9.54. The smallest absolute Gasteiger partial charge is 0.410 e. The normalized spacial score (nSPS) is 16.8. The molecule has 1 aromatic carbocycles. The van der Waals surface area contributed by atoms with Gasteiger partial charge < -0.3 is 15.4 Å². The summed E-state index contributed by atoms with van der Waals surface area (Å²) >= 11 is 0. The molecule has 5 nitrogen and oxygen atoms in total. The van der Waals surface area contributed by atoms with Gasteiger partial charge in [-0.2, -0.15) is 0 Å². The number of rotatable bonds is 3. The fraction of sp³-hybridized carbons (Fsp3) is 0.611. The summed E-state index contributed by atoms with van der Waals surface area (Å²) in [5, 5.41) is 0. The van der Waals surface area contributed by atoms with E-state index in [1.54, 1.807) is 17.0 Å². The van der Waals surface area contributed by atoms with E-state index in [1.165, 1.54) is 6.07 Å². The van der Waals surface area contributed by atoms with Gasteiger partial charge in [0.05, 0.1) is 0 Å². The minimum atomic E-state index is -0.485. The lowest BCUT2D eigenvalue weighted by Gasteiger charge is -2.26. The number of hydrogen-bond donors (Lipinski definition) is 1. The molecule has 1 amide bonds. The van der Waals surface area contributed by atoms with Crippen molar-refractivity contribution in [3.63, 3.8) is 0 Å². The molecule has 0 atom stereocenters. The van der Waals surface area contributed by atoms with Crippen molar-refractivity contribution in [2.75, 3.05) is 26.2 Å². The summed E-state index contributed by atoms with van der Waals surface area (Å²) in [5.41, 5.74) is 7.14. The highest BCUT2D eigenvalue weighted by Crippen LogP contribution is 2.16. The summed E-state index contributed by atoms with van der Waals surface area (Å²) in [6.07, 6.45) is 0.602. The number of hydrogen-bond acceptors (Lipinski definition) is 4. The van der Waals surface area contributed by atoms with Gasteiger partial charge in [-0.05, 0) is 50.5 Å². The SMILES string of the molecule is CC(C)(C)OC(=O)N1CCCN(Cc2cc(F)ccc2CN)CC1. The number of carbonyl (C=O) groups is 1. The highest BCUT2D eigenvalue weighted by atomic mass is 19.1. The Hall–Kier alpha value is -1.66. The lowest BCUT2D eigenvalue weighted by atomic mass is 10.1. The zero-order valence-corrected chi connectivity index (χ0v) is 14.8. The van der Waals surface area contributed by atoms with E-state index < -0.39 is 5.60 Å². The molecule has 6 heteroatoms. The molecule has 1 aliphatic heterocycles. The number of carbonyl (C=O) groups excluding carboxylic acids is 1. The Morgan fingerprint density at radius 2 is 1.96 bits per heavy atom. The molecule has 24 heavy (non-hydrogen) atoms. The van der Waals surface area contributed by atoms with Gasteiger partial charge in [0.1, 0.15) is 11.4 Å². The summed E-state index contributed by atoms with van der Waals surface area (Å²) in [7, 11) is 0. The van der Waals surface area contributed by atoms with E-state index in [-0.39, 0.29) is 11.9 Å². The van der Waals surface area contributed by atoms with Crippen molar-refractivity contribution in [2.45, 2.75) is 45.9 Å². The summed E-state index contributed by atoms with van der Waals surface area (Å²) in [6, 6.07) is 4.74. The van der Waals surface area contributed by atoms with Crippen molar-refractivity contribution >= 4 is 6.09 Å². The summed E-state index contributed by atoms with van der Waals surface area (Å²) < 4.78 is 19.0. The van der Waals surface area contributed by atoms with E-state index in [2.05, 4.69) is 4.90 Å². The second kappa shape index (κ2) is 7.94. The number of amides is 1. The number of benzene rings is 1. The van der Waals surface area contributed by atoms with E-state index in [1.807, 2.05) is 20.8 Å². The van der Waals surface area contributed by atoms with Crippen molar-refractivity contribution in [1.82, 2.24) is 9.80 Å². The van der Waals surface area contributed by atoms with Gasteiger partial charge >= 0.3 is 6.09 Å². The van der Waals surface area contributed by atoms with Gasteiger partial charge in [0.15, 0.2) is 0 Å². The van der Waals surface area contributed by atoms with Gasteiger partial charge in [0.25, 0.3) is 0 Å². The minimum Gasteiger partial charge on any atom is -0.444 e. The van der Waals surface area contributed by atoms with Crippen LogP contribution < -0.4 is 5.73 Å². The monoisotopic (exact) mass is 337 g/mol. The zero-order valence-electron chi connectivity index (χ0n) is 14.8. The van der Waals surface area contributed by atoms with Crippen LogP contribution in [0.2, 0.25) is 0 Å². The maximum absolute atomic E-state index is 13.5. The van der Waals surface area contributed by atoms with Gasteiger partial charge in [-0.15, -0.1) is 0 Å². The first-order chi connectivity index (χ1) is 11.3. The predicted molar refractivity (Wildman–Crippen MR) is 92.0 cm³/mol. The Bertz CT molecular complexity index is 572. The quantitative estimate of drug-likeness (QED) is 0.921. The molecule has 1 saturated heterocycles. The third-order valence-corrected chi connectivity index (χ3v) is 4.02. The Kier molecular flexibility index (Phi) is 6.18. The lowest BCUT2D eigenvalue weighted by molar-refractivity contribution is 0.0257. The number of halogens is 1. The molecule has 134 valence electrons. The van der Waals surface area contributed by atoms with E-state index in [4.69, 9.17) is 10.5 Å². The minimum absolute atomic E-state index is 0.243. The molecular weight excluding hydrogens is 309 g/mol. The molecule has 0 spiro atoms. The summed E-state index contributed by atoms with van der Waals surface area (Å²) in [4.78, 5) is 16.2. The molecule has 0 saturated carbocycles. The molecule has 1 fully saturated rings. The largest absolute Gasteiger partial charge is 0.444 e. The average molecular weight is 337 g/mol. The molecule has 1 aromatic rings. The maximum Gasteiger partial charge on any atom is 0.410 e. The van der Waals surface area contributed by atoms with E-state index in [0.29, 0.717) is 26.2 Å². The molecule has 0 radical (unpaired) electrons. The number of ether oxygens (including phenoxy) is 1. The van der Waals surface area contributed by atoms with Crippen molar-refractivity contribution in [3.05, 3.63) is 35.1 Å². The Labute approximate surface area is 143 Å². The van der Waals surface area contributed by atoms with Crippen LogP contribution in [0.1, 0.15) is 38.3 Å². The first-order valence-corrected chi connectivity index (χ1v) is 8.46. The van der Waals surface area contributed by atoms with Gasteiger partial charge in [-0.1, -0.05) is 6.07 Å². The van der Waals surface area contributed by atoms with Crippen molar-refractivity contribution in [2.24, 2.45) is 5.73 Å². The molecular formula is C18H28FN3O2. The topological polar surface area (TPSA) is 58.8 Å². The van der Waals surface area contributed by atoms with Crippen molar-refractivity contribution < 1.29 is 13.9 Å². The van der Waals surface area contributed by atoms with Crippen LogP contribution in [0.15, 0.2) is 18.2 Å². The molecule has 0 unspecified atom stereocenters. The number of nitrogens with two attached hydrogens (primary N) is 1. The Morgan fingerprint density at radius 3 is 2.62 bits per heavy atom. The van der Waals surface area contributed by atoms with E-state index in [9.17, 15) is 9.18 Å². The second-order valence-corrected chi connectivity index (χ2v) is 7.21. The van der Waals surface area contributed by atoms with Crippen molar-refractivity contribution in [1.29, 1.82) is 0 Å². The standard InChI is InChI=1S/C18H28FN3O2/c1-18(2,3)24-17(23)22-8-4-7-21(9-10-22)13-15-11-16(19)6-5-14(15)12-20/h5-6,11H,4,7-10,12-13,20H2,1-3H3. The predicted octanol–water partition coefficient (Wildman–Crippen LogP) is 2.73. The van der Waals surface area contributed by atoms with E-state index in [0.717, 1.165) is 30.6 Å². The Morgan fingerprint density at radius 1 is 1.21 bits per heavy atom. The van der Waals surface area contributed by atoms with Crippen LogP contribution in [-0.4, -0.2) is 47.7 Å². The number of nitrogens with zero attached hydrogens (tertiary/aromatic N) is 2. The molecule has 0 aromatic heterocycles. The highest BCUT2D eigenvalue weighted by molar-refractivity contribution is 5.68. The lowest BCUT2D eigenvalue weighted by Crippen LogP contribution is -2.39. The van der Waals surface area contributed by atoms with Crippen LogP contribution in [0.4, 0.5) is 9.18 Å². The zero-order chi connectivity index (χ0) is 17.7. The van der Waals surface area contributed by atoms with Crippen LogP contribution in [0.5, 0.6) is 0 Å². The molecule has 1 aliphatic rings. The fourth-order valence-corrected chi connectivity index (χ4v) is 2.82. The van der Waals surface area contributed by atoms with Crippen LogP contribution in [-0.2, 0) is 17.8 Å². The van der Waals surface area contributed by atoms with E-state index >= 15 is 0 Å². The molecule has 0 bridgehead atoms. The third-order valence-electron chi connectivity index (χ3n) is 4.02. The van der Waals surface area contributed by atoms with Crippen LogP contribution >= 0.6 is 0 Å². The molecule has 0 aliphatic carbocycles. The second-order valence-electron chi connectivity index (χ2n) is 7.21. The van der Waals surface area contributed by atoms with Crippen LogP contribution in [0.25, 0.3) is 0 Å². The molecule has 1 heterocycles. The third kappa shape index (κ3) is 5.46. The van der Waals surface area contributed by atoms with Crippen LogP contribution in [0.3, 0.4) is 0 Å². The van der Waals surface area contributed by atoms with Crippen LogP contribution in [0, 0.1) is 5.82 Å². The van der Waals surface area contributed by atoms with Gasteiger partial charge in [0, 0.05) is 39.3 Å². The maximum atomic E-state index is 13.5. The fourth-order valence-electron chi connectivity index (χ4n) is 2.82. The van der Waals surface area contributed by atoms with Crippen molar-refractivity contribution in [3.8, 4) is 0 Å². The van der Waals surface area contributed by atoms with Gasteiger partial charge in [0.2, 0.25) is 0 Å². The highest BCUT2D eigenvalue weighted by Gasteiger charge is 2.24. The van der Waals surface area contributed by atoms with Gasteiger partial charge in [-0.3, -0.25) is 4.90 Å². The molecule has 2 N–H and O–H groups in total. The first-order valence-electron chi connectivity index (χ1n) is 8.46. The van der Waals surface area contributed by atoms with Gasteiger partial charge in [-0.25, -0.2) is 9.18 Å². The first kappa shape index (κ1) is 18.7. The average Bonchev–Trinajstić information content (AvgIpc) is 2.71. The molecule has 2 rings (SSSR count). The summed E-state index contributed by atoms with van der Waals surface area (Å²) in [5.74, 6) is -0.243. The Balaban J connectivity index is 1.96.